The molecule has 0 heterocycles. The first-order chi connectivity index (χ1) is 7.90. The third-order valence-electron chi connectivity index (χ3n) is 2.50. The lowest BCUT2D eigenvalue weighted by atomic mass is 10.0. The maximum Gasteiger partial charge on any atom is 0.410 e. The van der Waals surface area contributed by atoms with Crippen LogP contribution in [0.1, 0.15) is 40.0 Å². The Hall–Kier alpha value is -1.26. The van der Waals surface area contributed by atoms with Crippen molar-refractivity contribution >= 4 is 12.0 Å². The fraction of sp³-hybridized carbons (Fsp3) is 0.833. The molecule has 0 saturated heterocycles. The summed E-state index contributed by atoms with van der Waals surface area (Å²) in [6.45, 7) is 6.35. The lowest BCUT2D eigenvalue weighted by molar-refractivity contribution is -0.122. The molecule has 0 fully saturated rings. The van der Waals surface area contributed by atoms with Crippen LogP contribution >= 0.6 is 0 Å². The van der Waals surface area contributed by atoms with Crippen LogP contribution in [0.15, 0.2) is 0 Å². The van der Waals surface area contributed by atoms with Gasteiger partial charge >= 0.3 is 6.09 Å². The van der Waals surface area contributed by atoms with E-state index in [9.17, 15) is 9.59 Å². The van der Waals surface area contributed by atoms with E-state index in [1.54, 1.807) is 7.05 Å². The van der Waals surface area contributed by atoms with E-state index in [4.69, 9.17) is 10.5 Å². The average molecular weight is 244 g/mol. The summed E-state index contributed by atoms with van der Waals surface area (Å²) in [6, 6.07) is -0.593. The van der Waals surface area contributed by atoms with Crippen LogP contribution in [0.2, 0.25) is 0 Å². The summed E-state index contributed by atoms with van der Waals surface area (Å²) < 4.78 is 5.04. The normalized spacial score (nSPS) is 12.3. The third kappa shape index (κ3) is 6.14. The van der Waals surface area contributed by atoms with E-state index in [2.05, 4.69) is 0 Å². The molecule has 0 aliphatic rings. The summed E-state index contributed by atoms with van der Waals surface area (Å²) in [4.78, 5) is 24.2. The zero-order chi connectivity index (χ0) is 13.4. The number of nitrogens with zero attached hydrogens (tertiary/aromatic N) is 1. The average Bonchev–Trinajstić information content (AvgIpc) is 2.24. The molecule has 0 aromatic carbocycles. The van der Waals surface area contributed by atoms with Crippen molar-refractivity contribution in [2.24, 2.45) is 11.7 Å². The fourth-order valence-electron chi connectivity index (χ4n) is 1.44. The monoisotopic (exact) mass is 244 g/mol. The van der Waals surface area contributed by atoms with Crippen molar-refractivity contribution in [1.29, 1.82) is 0 Å². The van der Waals surface area contributed by atoms with Crippen LogP contribution in [0, 0.1) is 5.92 Å². The molecule has 5 nitrogen and oxygen atoms in total. The Morgan fingerprint density at radius 2 is 1.94 bits per heavy atom. The highest BCUT2D eigenvalue weighted by Gasteiger charge is 2.26. The van der Waals surface area contributed by atoms with Crippen molar-refractivity contribution in [2.45, 2.75) is 46.1 Å². The zero-order valence-electron chi connectivity index (χ0n) is 11.2. The van der Waals surface area contributed by atoms with E-state index in [-0.39, 0.29) is 0 Å². The second-order valence-corrected chi connectivity index (χ2v) is 4.63. The fourth-order valence-corrected chi connectivity index (χ4v) is 1.44. The number of amides is 2. The summed E-state index contributed by atoms with van der Waals surface area (Å²) in [5.41, 5.74) is 5.29. The molecule has 0 unspecified atom stereocenters. The van der Waals surface area contributed by atoms with Gasteiger partial charge in [0.2, 0.25) is 5.91 Å². The summed E-state index contributed by atoms with van der Waals surface area (Å²) in [7, 11) is 1.55. The Labute approximate surface area is 103 Å². The van der Waals surface area contributed by atoms with Gasteiger partial charge in [-0.15, -0.1) is 0 Å². The number of unbranched alkanes of at least 4 members (excludes halogenated alkanes) is 1. The van der Waals surface area contributed by atoms with E-state index in [1.807, 2.05) is 20.8 Å². The highest BCUT2D eigenvalue weighted by Crippen LogP contribution is 2.11. The molecule has 0 radical (unpaired) electrons. The molecule has 0 aromatic heterocycles. The van der Waals surface area contributed by atoms with Crippen molar-refractivity contribution in [1.82, 2.24) is 4.90 Å². The van der Waals surface area contributed by atoms with E-state index in [0.29, 0.717) is 18.9 Å². The maximum atomic E-state index is 11.6. The lowest BCUT2D eigenvalue weighted by Crippen LogP contribution is -2.46. The van der Waals surface area contributed by atoms with Gasteiger partial charge in [-0.05, 0) is 18.8 Å². The molecular formula is C12H24N2O3. The van der Waals surface area contributed by atoms with Gasteiger partial charge in [0, 0.05) is 7.05 Å². The molecule has 0 saturated carbocycles. The van der Waals surface area contributed by atoms with Gasteiger partial charge < -0.3 is 10.5 Å². The van der Waals surface area contributed by atoms with Gasteiger partial charge in [-0.3, -0.25) is 9.69 Å². The zero-order valence-corrected chi connectivity index (χ0v) is 11.2. The SMILES string of the molecule is CCCCOC(=O)N(C)[C@@H](CC(C)C)C(N)=O. The number of rotatable bonds is 7. The maximum absolute atomic E-state index is 11.6. The van der Waals surface area contributed by atoms with E-state index < -0.39 is 18.0 Å². The van der Waals surface area contributed by atoms with Gasteiger partial charge in [-0.25, -0.2) is 4.79 Å². The highest BCUT2D eigenvalue weighted by molar-refractivity contribution is 5.84. The molecule has 17 heavy (non-hydrogen) atoms. The molecule has 100 valence electrons. The van der Waals surface area contributed by atoms with Crippen molar-refractivity contribution in [3.8, 4) is 0 Å². The molecule has 1 atom stereocenters. The Kier molecular flexibility index (Phi) is 7.34. The molecule has 0 rings (SSSR count). The minimum Gasteiger partial charge on any atom is -0.449 e. The van der Waals surface area contributed by atoms with Gasteiger partial charge in [0.05, 0.1) is 6.61 Å². The van der Waals surface area contributed by atoms with Crippen molar-refractivity contribution in [3.05, 3.63) is 0 Å². The standard InChI is InChI=1S/C12H24N2O3/c1-5-6-7-17-12(16)14(4)10(11(13)15)8-9(2)3/h9-10H,5-8H2,1-4H3,(H2,13,15)/t10-/m0/s1. The van der Waals surface area contributed by atoms with Gasteiger partial charge in [0.25, 0.3) is 0 Å². The summed E-state index contributed by atoms with van der Waals surface area (Å²) in [5, 5.41) is 0. The van der Waals surface area contributed by atoms with Gasteiger partial charge in [-0.2, -0.15) is 0 Å². The topological polar surface area (TPSA) is 72.6 Å². The van der Waals surface area contributed by atoms with E-state index >= 15 is 0 Å². The van der Waals surface area contributed by atoms with Crippen LogP contribution in [0.5, 0.6) is 0 Å². The van der Waals surface area contributed by atoms with Crippen LogP contribution in [0.4, 0.5) is 4.79 Å². The molecule has 2 N–H and O–H groups in total. The minimum atomic E-state index is -0.593. The molecule has 5 heteroatoms. The minimum absolute atomic E-state index is 0.290. The quantitative estimate of drug-likeness (QED) is 0.693. The number of carbonyl (C=O) groups is 2. The first-order valence-corrected chi connectivity index (χ1v) is 6.09. The van der Waals surface area contributed by atoms with E-state index in [1.165, 1.54) is 4.90 Å². The van der Waals surface area contributed by atoms with Crippen molar-refractivity contribution in [2.75, 3.05) is 13.7 Å². The number of hydrogen-bond donors (Lipinski definition) is 1. The number of likely N-dealkylation sites (N-methyl/N-ethyl adjacent to an activating group) is 1. The van der Waals surface area contributed by atoms with Gasteiger partial charge in [0.15, 0.2) is 0 Å². The van der Waals surface area contributed by atoms with Crippen molar-refractivity contribution in [3.63, 3.8) is 0 Å². The second-order valence-electron chi connectivity index (χ2n) is 4.63. The van der Waals surface area contributed by atoms with Crippen LogP contribution in [0.3, 0.4) is 0 Å². The largest absolute Gasteiger partial charge is 0.449 e. The Morgan fingerprint density at radius 3 is 2.35 bits per heavy atom. The molecule has 0 aromatic rings. The molecule has 0 aliphatic heterocycles. The molecule has 0 spiro atoms. The summed E-state index contributed by atoms with van der Waals surface area (Å²) in [6.07, 6.45) is 1.85. The molecular weight excluding hydrogens is 220 g/mol. The lowest BCUT2D eigenvalue weighted by Gasteiger charge is -2.26. The molecule has 0 bridgehead atoms. The van der Waals surface area contributed by atoms with Crippen LogP contribution in [-0.2, 0) is 9.53 Å². The first kappa shape index (κ1) is 15.7. The Morgan fingerprint density at radius 1 is 1.35 bits per heavy atom. The van der Waals surface area contributed by atoms with Crippen LogP contribution in [0.25, 0.3) is 0 Å². The number of nitrogens with two attached hydrogens (primary N) is 1. The van der Waals surface area contributed by atoms with E-state index in [0.717, 1.165) is 12.8 Å². The third-order valence-corrected chi connectivity index (χ3v) is 2.50. The Bertz CT molecular complexity index is 254. The molecule has 0 aliphatic carbocycles. The highest BCUT2D eigenvalue weighted by atomic mass is 16.6. The smallest absolute Gasteiger partial charge is 0.410 e. The molecule has 2 amide bonds. The second kappa shape index (κ2) is 7.92. The van der Waals surface area contributed by atoms with Gasteiger partial charge in [0.1, 0.15) is 6.04 Å². The number of hydrogen-bond acceptors (Lipinski definition) is 3. The Balaban J connectivity index is 4.34. The summed E-state index contributed by atoms with van der Waals surface area (Å²) in [5.74, 6) is -0.202. The van der Waals surface area contributed by atoms with Crippen LogP contribution in [-0.4, -0.2) is 36.6 Å². The predicted molar refractivity (Wildman–Crippen MR) is 66.5 cm³/mol. The van der Waals surface area contributed by atoms with Gasteiger partial charge in [-0.1, -0.05) is 27.2 Å². The number of ether oxygens (including phenoxy) is 1. The van der Waals surface area contributed by atoms with Crippen molar-refractivity contribution < 1.29 is 14.3 Å². The van der Waals surface area contributed by atoms with Crippen LogP contribution < -0.4 is 5.73 Å². The predicted octanol–water partition coefficient (Wildman–Crippen LogP) is 1.75. The summed E-state index contributed by atoms with van der Waals surface area (Å²) >= 11 is 0. The first-order valence-electron chi connectivity index (χ1n) is 6.09. The number of carbonyl (C=O) groups excluding carboxylic acids is 2. The number of primary amides is 1.